The largest absolute Gasteiger partial charge is 0.436 e. The molecule has 18 heavy (non-hydrogen) atoms. The van der Waals surface area contributed by atoms with Crippen LogP contribution in [0.25, 0.3) is 0 Å². The van der Waals surface area contributed by atoms with E-state index >= 15 is 0 Å². The average Bonchev–Trinajstić information content (AvgIpc) is 2.40. The number of aryl methyl sites for hydroxylation is 1. The molecule has 0 aliphatic rings. The first-order valence-corrected chi connectivity index (χ1v) is 5.29. The van der Waals surface area contributed by atoms with E-state index in [0.29, 0.717) is 16.9 Å². The highest BCUT2D eigenvalue weighted by Gasteiger charge is 2.09. The van der Waals surface area contributed by atoms with E-state index in [2.05, 4.69) is 4.98 Å². The Morgan fingerprint density at radius 1 is 1.00 bits per heavy atom. The Morgan fingerprint density at radius 2 is 1.72 bits per heavy atom. The molecule has 0 aliphatic heterocycles. The zero-order valence-corrected chi connectivity index (χ0v) is 9.71. The number of benzene rings is 1. The number of nitriles is 2. The summed E-state index contributed by atoms with van der Waals surface area (Å²) in [5.74, 6) is 0.620. The quantitative estimate of drug-likeness (QED) is 0.802. The monoisotopic (exact) mass is 235 g/mol. The van der Waals surface area contributed by atoms with Crippen LogP contribution in [0.15, 0.2) is 36.4 Å². The van der Waals surface area contributed by atoms with Gasteiger partial charge < -0.3 is 4.74 Å². The van der Waals surface area contributed by atoms with Gasteiger partial charge in [-0.3, -0.25) is 0 Å². The summed E-state index contributed by atoms with van der Waals surface area (Å²) in [5, 5.41) is 17.9. The molecule has 1 aromatic heterocycles. The van der Waals surface area contributed by atoms with Gasteiger partial charge in [-0.25, -0.2) is 4.98 Å². The van der Waals surface area contributed by atoms with Crippen LogP contribution in [-0.2, 0) is 0 Å². The van der Waals surface area contributed by atoms with Crippen molar-refractivity contribution in [3.8, 4) is 23.8 Å². The standard InChI is InChI=1S/C14H9N3O/c1-10-6-7-12(9-16)14(17-10)18-13-5-3-2-4-11(13)8-15/h2-7H,1H3. The lowest BCUT2D eigenvalue weighted by Crippen LogP contribution is -1.95. The predicted molar refractivity (Wildman–Crippen MR) is 64.9 cm³/mol. The van der Waals surface area contributed by atoms with Gasteiger partial charge in [0.2, 0.25) is 5.88 Å². The van der Waals surface area contributed by atoms with Crippen molar-refractivity contribution in [1.29, 1.82) is 10.5 Å². The van der Waals surface area contributed by atoms with E-state index in [4.69, 9.17) is 15.3 Å². The van der Waals surface area contributed by atoms with Crippen molar-refractivity contribution in [1.82, 2.24) is 4.98 Å². The number of nitrogens with zero attached hydrogens (tertiary/aromatic N) is 3. The summed E-state index contributed by atoms with van der Waals surface area (Å²) in [6.45, 7) is 1.81. The van der Waals surface area contributed by atoms with Gasteiger partial charge >= 0.3 is 0 Å². The Balaban J connectivity index is 2.44. The molecule has 1 heterocycles. The van der Waals surface area contributed by atoms with Gasteiger partial charge in [0.15, 0.2) is 0 Å². The first-order valence-electron chi connectivity index (χ1n) is 5.29. The molecule has 0 fully saturated rings. The van der Waals surface area contributed by atoms with E-state index in [9.17, 15) is 0 Å². The minimum Gasteiger partial charge on any atom is -0.436 e. The third-order valence-electron chi connectivity index (χ3n) is 2.33. The molecule has 0 amide bonds. The van der Waals surface area contributed by atoms with Crippen LogP contribution in [0.4, 0.5) is 0 Å². The highest BCUT2D eigenvalue weighted by Crippen LogP contribution is 2.25. The second-order valence-electron chi connectivity index (χ2n) is 3.63. The second kappa shape index (κ2) is 4.99. The highest BCUT2D eigenvalue weighted by molar-refractivity contribution is 5.47. The zero-order chi connectivity index (χ0) is 13.0. The van der Waals surface area contributed by atoms with Gasteiger partial charge in [0.05, 0.1) is 5.56 Å². The lowest BCUT2D eigenvalue weighted by Gasteiger charge is -2.08. The smallest absolute Gasteiger partial charge is 0.237 e. The molecule has 0 radical (unpaired) electrons. The van der Waals surface area contributed by atoms with Crippen LogP contribution < -0.4 is 4.74 Å². The maximum atomic E-state index is 8.98. The molecule has 4 heteroatoms. The number of rotatable bonds is 2. The van der Waals surface area contributed by atoms with Gasteiger partial charge in [0.25, 0.3) is 0 Å². The molecule has 2 rings (SSSR count). The van der Waals surface area contributed by atoms with Crippen LogP contribution in [0.5, 0.6) is 11.6 Å². The van der Waals surface area contributed by atoms with Gasteiger partial charge in [0.1, 0.15) is 23.5 Å². The number of ether oxygens (including phenoxy) is 1. The summed E-state index contributed by atoms with van der Waals surface area (Å²) in [6, 6.07) is 14.3. The first kappa shape index (κ1) is 11.6. The highest BCUT2D eigenvalue weighted by atomic mass is 16.5. The van der Waals surface area contributed by atoms with Crippen LogP contribution in [0.3, 0.4) is 0 Å². The molecule has 0 atom stereocenters. The van der Waals surface area contributed by atoms with Crippen molar-refractivity contribution in [2.45, 2.75) is 6.92 Å². The lowest BCUT2D eigenvalue weighted by atomic mass is 10.2. The third kappa shape index (κ3) is 2.28. The molecule has 0 aliphatic carbocycles. The molecule has 2 aromatic rings. The molecule has 0 spiro atoms. The van der Waals surface area contributed by atoms with Crippen molar-refractivity contribution in [2.24, 2.45) is 0 Å². The molecule has 4 nitrogen and oxygen atoms in total. The topological polar surface area (TPSA) is 69.7 Å². The minimum atomic E-state index is 0.222. The molecule has 86 valence electrons. The molecule has 0 saturated carbocycles. The maximum Gasteiger partial charge on any atom is 0.237 e. The van der Waals surface area contributed by atoms with Crippen molar-refractivity contribution < 1.29 is 4.74 Å². The van der Waals surface area contributed by atoms with Crippen LogP contribution >= 0.6 is 0 Å². The zero-order valence-electron chi connectivity index (χ0n) is 9.71. The van der Waals surface area contributed by atoms with Gasteiger partial charge in [-0.15, -0.1) is 0 Å². The van der Waals surface area contributed by atoms with E-state index in [-0.39, 0.29) is 5.88 Å². The molecule has 0 unspecified atom stereocenters. The van der Waals surface area contributed by atoms with E-state index in [0.717, 1.165) is 5.69 Å². The van der Waals surface area contributed by atoms with E-state index in [1.54, 1.807) is 36.4 Å². The lowest BCUT2D eigenvalue weighted by molar-refractivity contribution is 0.458. The van der Waals surface area contributed by atoms with E-state index < -0.39 is 0 Å². The number of hydrogen-bond donors (Lipinski definition) is 0. The number of aromatic nitrogens is 1. The second-order valence-corrected chi connectivity index (χ2v) is 3.63. The Morgan fingerprint density at radius 3 is 2.44 bits per heavy atom. The third-order valence-corrected chi connectivity index (χ3v) is 2.33. The van der Waals surface area contributed by atoms with Gasteiger partial charge in [0, 0.05) is 5.69 Å². The molecular formula is C14H9N3O. The fraction of sp³-hybridized carbons (Fsp3) is 0.0714. The summed E-state index contributed by atoms with van der Waals surface area (Å²) in [7, 11) is 0. The predicted octanol–water partition coefficient (Wildman–Crippen LogP) is 2.93. The fourth-order valence-electron chi connectivity index (χ4n) is 1.45. The number of hydrogen-bond acceptors (Lipinski definition) is 4. The molecular weight excluding hydrogens is 226 g/mol. The van der Waals surface area contributed by atoms with E-state index in [1.165, 1.54) is 0 Å². The molecule has 0 bridgehead atoms. The minimum absolute atomic E-state index is 0.222. The van der Waals surface area contributed by atoms with Crippen LogP contribution in [0.2, 0.25) is 0 Å². The van der Waals surface area contributed by atoms with Crippen LogP contribution in [0.1, 0.15) is 16.8 Å². The summed E-state index contributed by atoms with van der Waals surface area (Å²) >= 11 is 0. The molecule has 1 aromatic carbocycles. The van der Waals surface area contributed by atoms with Crippen molar-refractivity contribution in [3.63, 3.8) is 0 Å². The Labute approximate surface area is 105 Å². The van der Waals surface area contributed by atoms with Gasteiger partial charge in [-0.2, -0.15) is 10.5 Å². The summed E-state index contributed by atoms with van der Waals surface area (Å²) in [6.07, 6.45) is 0. The Hall–Kier alpha value is -2.85. The summed E-state index contributed by atoms with van der Waals surface area (Å²) in [4.78, 5) is 4.16. The number of pyridine rings is 1. The SMILES string of the molecule is Cc1ccc(C#N)c(Oc2ccccc2C#N)n1. The Kier molecular flexibility index (Phi) is 3.22. The van der Waals surface area contributed by atoms with Crippen LogP contribution in [0, 0.1) is 29.6 Å². The first-order chi connectivity index (χ1) is 8.74. The molecule has 0 saturated heterocycles. The Bertz CT molecular complexity index is 665. The van der Waals surface area contributed by atoms with Gasteiger partial charge in [-0.05, 0) is 31.2 Å². The fourth-order valence-corrected chi connectivity index (χ4v) is 1.45. The number of para-hydroxylation sites is 1. The van der Waals surface area contributed by atoms with E-state index in [1.807, 2.05) is 19.1 Å². The van der Waals surface area contributed by atoms with Crippen molar-refractivity contribution in [2.75, 3.05) is 0 Å². The molecule has 0 N–H and O–H groups in total. The summed E-state index contributed by atoms with van der Waals surface area (Å²) < 4.78 is 5.55. The van der Waals surface area contributed by atoms with Gasteiger partial charge in [-0.1, -0.05) is 12.1 Å². The maximum absolute atomic E-state index is 8.98. The van der Waals surface area contributed by atoms with Crippen molar-refractivity contribution >= 4 is 0 Å². The van der Waals surface area contributed by atoms with Crippen molar-refractivity contribution in [3.05, 3.63) is 53.2 Å². The van der Waals surface area contributed by atoms with Crippen LogP contribution in [-0.4, -0.2) is 4.98 Å². The normalized spacial score (nSPS) is 9.28. The summed E-state index contributed by atoms with van der Waals surface area (Å²) in [5.41, 5.74) is 1.50. The average molecular weight is 235 g/mol.